The Morgan fingerprint density at radius 1 is 1.19 bits per heavy atom. The highest BCUT2D eigenvalue weighted by molar-refractivity contribution is 5.68. The van der Waals surface area contributed by atoms with Crippen molar-refractivity contribution < 1.29 is 14.6 Å². The van der Waals surface area contributed by atoms with Crippen molar-refractivity contribution in [2.45, 2.75) is 58.2 Å². The number of nitrogens with zero attached hydrogens (tertiary/aromatic N) is 2. The summed E-state index contributed by atoms with van der Waals surface area (Å²) < 4.78 is 5.42. The lowest BCUT2D eigenvalue weighted by Crippen LogP contribution is -2.45. The molecule has 0 aromatic heterocycles. The lowest BCUT2D eigenvalue weighted by atomic mass is 9.95. The molecular weight excluding hydrogens is 268 g/mol. The van der Waals surface area contributed by atoms with E-state index in [1.807, 2.05) is 25.7 Å². The van der Waals surface area contributed by atoms with Gasteiger partial charge in [0, 0.05) is 26.2 Å². The molecule has 1 N–H and O–H groups in total. The summed E-state index contributed by atoms with van der Waals surface area (Å²) in [5.74, 6) is 0.633. The second-order valence-electron chi connectivity index (χ2n) is 7.47. The van der Waals surface area contributed by atoms with Crippen molar-refractivity contribution in [2.24, 2.45) is 5.92 Å². The maximum Gasteiger partial charge on any atom is 0.410 e. The average Bonchev–Trinajstić information content (AvgIpc) is 2.37. The fourth-order valence-electron chi connectivity index (χ4n) is 3.19. The fraction of sp³-hybridized carbons (Fsp3) is 0.938. The van der Waals surface area contributed by atoms with Crippen molar-refractivity contribution in [1.82, 2.24) is 9.80 Å². The Morgan fingerprint density at radius 3 is 2.43 bits per heavy atom. The first kappa shape index (κ1) is 16.6. The van der Waals surface area contributed by atoms with Crippen LogP contribution in [0.25, 0.3) is 0 Å². The second kappa shape index (κ2) is 6.97. The van der Waals surface area contributed by atoms with Crippen LogP contribution in [0.3, 0.4) is 0 Å². The zero-order valence-electron chi connectivity index (χ0n) is 13.7. The molecule has 5 heteroatoms. The van der Waals surface area contributed by atoms with E-state index in [1.54, 1.807) is 0 Å². The first-order valence-electron chi connectivity index (χ1n) is 8.22. The average molecular weight is 298 g/mol. The van der Waals surface area contributed by atoms with Crippen LogP contribution < -0.4 is 0 Å². The van der Waals surface area contributed by atoms with E-state index in [9.17, 15) is 9.90 Å². The zero-order chi connectivity index (χ0) is 15.5. The predicted octanol–water partition coefficient (Wildman–Crippen LogP) is 2.09. The van der Waals surface area contributed by atoms with E-state index in [1.165, 1.54) is 0 Å². The molecule has 122 valence electrons. The Balaban J connectivity index is 1.71. The van der Waals surface area contributed by atoms with Crippen molar-refractivity contribution >= 4 is 6.09 Å². The van der Waals surface area contributed by atoms with Crippen LogP contribution in [0, 0.1) is 5.92 Å². The molecule has 2 heterocycles. The molecule has 5 nitrogen and oxygen atoms in total. The molecule has 1 amide bonds. The Kier molecular flexibility index (Phi) is 5.49. The minimum Gasteiger partial charge on any atom is -0.444 e. The van der Waals surface area contributed by atoms with Crippen LogP contribution in [0.5, 0.6) is 0 Å². The lowest BCUT2D eigenvalue weighted by Gasteiger charge is -2.37. The number of aliphatic hydroxyl groups is 1. The highest BCUT2D eigenvalue weighted by Crippen LogP contribution is 2.22. The molecule has 0 aliphatic carbocycles. The molecule has 21 heavy (non-hydrogen) atoms. The summed E-state index contributed by atoms with van der Waals surface area (Å²) in [5.41, 5.74) is -0.419. The number of hydrogen-bond acceptors (Lipinski definition) is 4. The summed E-state index contributed by atoms with van der Waals surface area (Å²) in [4.78, 5) is 16.2. The van der Waals surface area contributed by atoms with E-state index in [-0.39, 0.29) is 12.2 Å². The van der Waals surface area contributed by atoms with Gasteiger partial charge in [-0.15, -0.1) is 0 Å². The molecule has 2 fully saturated rings. The van der Waals surface area contributed by atoms with Crippen molar-refractivity contribution in [2.75, 3.05) is 32.7 Å². The molecule has 0 spiro atoms. The summed E-state index contributed by atoms with van der Waals surface area (Å²) in [6.45, 7) is 10.2. The van der Waals surface area contributed by atoms with Gasteiger partial charge in [-0.25, -0.2) is 4.79 Å². The number of piperidine rings is 2. The SMILES string of the molecule is CC(C)(C)OC(=O)N1CCC(CN2CCCC(O)C2)CC1. The van der Waals surface area contributed by atoms with Crippen LogP contribution in [0.15, 0.2) is 0 Å². The number of likely N-dealkylation sites (tertiary alicyclic amines) is 2. The molecule has 0 bridgehead atoms. The number of aliphatic hydroxyl groups excluding tert-OH is 1. The van der Waals surface area contributed by atoms with Gasteiger partial charge < -0.3 is 19.6 Å². The van der Waals surface area contributed by atoms with Gasteiger partial charge in [0.1, 0.15) is 5.60 Å². The minimum absolute atomic E-state index is 0.152. The lowest BCUT2D eigenvalue weighted by molar-refractivity contribution is 0.0144. The first-order valence-corrected chi connectivity index (χ1v) is 8.22. The number of β-amino-alcohol motifs (C(OH)–C–C–N with tert-alkyl or cyclic N) is 1. The Labute approximate surface area is 128 Å². The number of carbonyl (C=O) groups is 1. The van der Waals surface area contributed by atoms with Crippen molar-refractivity contribution in [3.05, 3.63) is 0 Å². The van der Waals surface area contributed by atoms with Gasteiger partial charge in [-0.2, -0.15) is 0 Å². The van der Waals surface area contributed by atoms with E-state index in [0.29, 0.717) is 5.92 Å². The van der Waals surface area contributed by atoms with Gasteiger partial charge in [0.15, 0.2) is 0 Å². The van der Waals surface area contributed by atoms with Gasteiger partial charge in [0.2, 0.25) is 0 Å². The molecule has 1 atom stereocenters. The number of hydrogen-bond donors (Lipinski definition) is 1. The van der Waals surface area contributed by atoms with Crippen molar-refractivity contribution in [3.8, 4) is 0 Å². The Morgan fingerprint density at radius 2 is 1.86 bits per heavy atom. The van der Waals surface area contributed by atoms with Crippen LogP contribution in [0.4, 0.5) is 4.79 Å². The normalized spacial score (nSPS) is 25.9. The number of rotatable bonds is 2. The van der Waals surface area contributed by atoms with Crippen molar-refractivity contribution in [1.29, 1.82) is 0 Å². The summed E-state index contributed by atoms with van der Waals surface area (Å²) in [5, 5.41) is 9.72. The molecule has 0 aromatic carbocycles. The monoisotopic (exact) mass is 298 g/mol. The Hall–Kier alpha value is -0.810. The zero-order valence-corrected chi connectivity index (χ0v) is 13.7. The van der Waals surface area contributed by atoms with Crippen LogP contribution in [-0.2, 0) is 4.74 Å². The van der Waals surface area contributed by atoms with Crippen LogP contribution in [0.1, 0.15) is 46.5 Å². The number of amides is 1. The molecule has 0 saturated carbocycles. The topological polar surface area (TPSA) is 53.0 Å². The first-order chi connectivity index (χ1) is 9.83. The van der Waals surface area contributed by atoms with Gasteiger partial charge in [-0.05, 0) is 58.9 Å². The number of carbonyl (C=O) groups excluding carboxylic acids is 1. The molecular formula is C16H30N2O3. The molecule has 2 saturated heterocycles. The van der Waals surface area contributed by atoms with Gasteiger partial charge >= 0.3 is 6.09 Å². The number of ether oxygens (including phenoxy) is 1. The molecule has 0 aromatic rings. The third kappa shape index (κ3) is 5.47. The van der Waals surface area contributed by atoms with E-state index in [4.69, 9.17) is 4.74 Å². The highest BCUT2D eigenvalue weighted by atomic mass is 16.6. The van der Waals surface area contributed by atoms with Gasteiger partial charge in [-0.1, -0.05) is 0 Å². The van der Waals surface area contributed by atoms with Crippen LogP contribution in [0.2, 0.25) is 0 Å². The molecule has 2 aliphatic rings. The molecule has 2 aliphatic heterocycles. The summed E-state index contributed by atoms with van der Waals surface area (Å²) in [6, 6.07) is 0. The second-order valence-corrected chi connectivity index (χ2v) is 7.47. The van der Waals surface area contributed by atoms with E-state index < -0.39 is 5.60 Å². The largest absolute Gasteiger partial charge is 0.444 e. The predicted molar refractivity (Wildman–Crippen MR) is 82.2 cm³/mol. The maximum absolute atomic E-state index is 12.0. The highest BCUT2D eigenvalue weighted by Gasteiger charge is 2.28. The van der Waals surface area contributed by atoms with Gasteiger partial charge in [0.05, 0.1) is 6.10 Å². The van der Waals surface area contributed by atoms with Gasteiger partial charge in [-0.3, -0.25) is 0 Å². The van der Waals surface area contributed by atoms with E-state index in [0.717, 1.165) is 58.4 Å². The molecule has 1 unspecified atom stereocenters. The maximum atomic E-state index is 12.0. The summed E-state index contributed by atoms with van der Waals surface area (Å²) in [6.07, 6.45) is 3.76. The van der Waals surface area contributed by atoms with E-state index in [2.05, 4.69) is 4.90 Å². The summed E-state index contributed by atoms with van der Waals surface area (Å²) >= 11 is 0. The van der Waals surface area contributed by atoms with Gasteiger partial charge in [0.25, 0.3) is 0 Å². The van der Waals surface area contributed by atoms with Crippen LogP contribution in [-0.4, -0.2) is 65.4 Å². The standard InChI is InChI=1S/C16H30N2O3/c1-16(2,3)21-15(20)18-9-6-13(7-10-18)11-17-8-4-5-14(19)12-17/h13-14,19H,4-12H2,1-3H3. The summed E-state index contributed by atoms with van der Waals surface area (Å²) in [7, 11) is 0. The van der Waals surface area contributed by atoms with Crippen LogP contribution >= 0.6 is 0 Å². The smallest absolute Gasteiger partial charge is 0.410 e. The fourth-order valence-corrected chi connectivity index (χ4v) is 3.19. The third-order valence-corrected chi connectivity index (χ3v) is 4.26. The quantitative estimate of drug-likeness (QED) is 0.848. The molecule has 2 rings (SSSR count). The third-order valence-electron chi connectivity index (χ3n) is 4.26. The van der Waals surface area contributed by atoms with Crippen molar-refractivity contribution in [3.63, 3.8) is 0 Å². The minimum atomic E-state index is -0.419. The molecule has 0 radical (unpaired) electrons. The van der Waals surface area contributed by atoms with E-state index >= 15 is 0 Å². The Bertz CT molecular complexity index is 346.